The summed E-state index contributed by atoms with van der Waals surface area (Å²) in [6, 6.07) is 0. The van der Waals surface area contributed by atoms with Crippen LogP contribution < -0.4 is 0 Å². The fourth-order valence-electron chi connectivity index (χ4n) is 3.28. The molecule has 0 unspecified atom stereocenters. The Balaban J connectivity index is 3.25. The van der Waals surface area contributed by atoms with Crippen LogP contribution in [0.4, 0.5) is 0 Å². The van der Waals surface area contributed by atoms with Crippen LogP contribution in [0.3, 0.4) is 0 Å². The zero-order valence-electron chi connectivity index (χ0n) is 16.1. The molecule has 0 nitrogen and oxygen atoms in total. The average Bonchev–Trinajstić information content (AvgIpc) is 2.54. The Hall–Kier alpha value is 0.0800. The van der Waals surface area contributed by atoms with Gasteiger partial charge in [0.25, 0.3) is 0 Å². The normalized spacial score (nSPS) is 11.7. The third-order valence-corrected chi connectivity index (χ3v) is 10.6. The SMILES string of the molecule is CCP(CC)Cc1c(C)c(C)c(CP(CC)CC)c(C)c1C. The van der Waals surface area contributed by atoms with Crippen molar-refractivity contribution in [2.24, 2.45) is 0 Å². The molecule has 0 aliphatic carbocycles. The van der Waals surface area contributed by atoms with Crippen molar-refractivity contribution in [1.29, 1.82) is 0 Å². The summed E-state index contributed by atoms with van der Waals surface area (Å²) in [5.74, 6) is 0. The van der Waals surface area contributed by atoms with Crippen molar-refractivity contribution in [2.45, 2.75) is 67.7 Å². The molecule has 22 heavy (non-hydrogen) atoms. The minimum absolute atomic E-state index is 0.182. The highest BCUT2D eigenvalue weighted by Gasteiger charge is 2.18. The molecule has 0 bridgehead atoms. The standard InChI is InChI=1S/C20H36P2/c1-9-21(10-2)13-19-15(5)17(7)20(18(8)16(19)6)14-22(11-3)12-4/h9-14H2,1-8H3. The topological polar surface area (TPSA) is 0 Å². The average molecular weight is 338 g/mol. The highest BCUT2D eigenvalue weighted by molar-refractivity contribution is 7.57. The van der Waals surface area contributed by atoms with E-state index in [0.29, 0.717) is 0 Å². The van der Waals surface area contributed by atoms with Gasteiger partial charge in [-0.15, -0.1) is 15.8 Å². The summed E-state index contributed by atoms with van der Waals surface area (Å²) in [6.07, 6.45) is 8.11. The molecule has 1 rings (SSSR count). The number of benzene rings is 1. The van der Waals surface area contributed by atoms with Crippen LogP contribution in [0.1, 0.15) is 61.1 Å². The fourth-order valence-corrected chi connectivity index (χ4v) is 6.92. The van der Waals surface area contributed by atoms with Crippen molar-refractivity contribution in [3.05, 3.63) is 33.4 Å². The van der Waals surface area contributed by atoms with Gasteiger partial charge in [0.15, 0.2) is 0 Å². The summed E-state index contributed by atoms with van der Waals surface area (Å²) in [4.78, 5) is 0. The summed E-state index contributed by atoms with van der Waals surface area (Å²) >= 11 is 0. The molecule has 0 spiro atoms. The Morgan fingerprint density at radius 1 is 0.500 bits per heavy atom. The Morgan fingerprint density at radius 3 is 0.909 bits per heavy atom. The number of rotatable bonds is 8. The first-order valence-corrected chi connectivity index (χ1v) is 12.7. The molecule has 0 radical (unpaired) electrons. The molecule has 0 aromatic heterocycles. The third-order valence-electron chi connectivity index (χ3n) is 5.49. The first-order valence-electron chi connectivity index (χ1n) is 8.93. The third kappa shape index (κ3) is 4.55. The van der Waals surface area contributed by atoms with Gasteiger partial charge in [0, 0.05) is 0 Å². The molecule has 0 amide bonds. The molecule has 0 N–H and O–H groups in total. The fraction of sp³-hybridized carbons (Fsp3) is 0.700. The van der Waals surface area contributed by atoms with Crippen molar-refractivity contribution in [1.82, 2.24) is 0 Å². The molecule has 0 saturated carbocycles. The summed E-state index contributed by atoms with van der Waals surface area (Å²) in [5.41, 5.74) is 9.71. The van der Waals surface area contributed by atoms with Gasteiger partial charge in [-0.3, -0.25) is 0 Å². The molecule has 1 aromatic rings. The van der Waals surface area contributed by atoms with Crippen molar-refractivity contribution in [2.75, 3.05) is 24.6 Å². The van der Waals surface area contributed by atoms with E-state index in [1.54, 1.807) is 33.4 Å². The zero-order valence-corrected chi connectivity index (χ0v) is 17.9. The van der Waals surface area contributed by atoms with Crippen LogP contribution in [0.15, 0.2) is 0 Å². The lowest BCUT2D eigenvalue weighted by Crippen LogP contribution is -2.06. The molecule has 0 saturated heterocycles. The lowest BCUT2D eigenvalue weighted by molar-refractivity contribution is 1.09. The van der Waals surface area contributed by atoms with Crippen molar-refractivity contribution in [3.63, 3.8) is 0 Å². The molecule has 0 aliphatic rings. The van der Waals surface area contributed by atoms with E-state index < -0.39 is 0 Å². The van der Waals surface area contributed by atoms with Gasteiger partial charge in [0.2, 0.25) is 0 Å². The second-order valence-electron chi connectivity index (χ2n) is 6.38. The van der Waals surface area contributed by atoms with Gasteiger partial charge in [-0.05, 0) is 98.0 Å². The van der Waals surface area contributed by atoms with E-state index in [1.807, 2.05) is 0 Å². The van der Waals surface area contributed by atoms with Gasteiger partial charge >= 0.3 is 0 Å². The molecule has 2 heteroatoms. The number of hydrogen-bond acceptors (Lipinski definition) is 0. The first kappa shape index (κ1) is 20.1. The molecule has 0 atom stereocenters. The second-order valence-corrected chi connectivity index (χ2v) is 12.2. The van der Waals surface area contributed by atoms with Gasteiger partial charge in [-0.2, -0.15) is 0 Å². The van der Waals surface area contributed by atoms with Crippen LogP contribution >= 0.6 is 15.8 Å². The van der Waals surface area contributed by atoms with Gasteiger partial charge in [0.05, 0.1) is 0 Å². The maximum Gasteiger partial charge on any atom is -0.00678 e. The summed E-state index contributed by atoms with van der Waals surface area (Å²) < 4.78 is 0. The molecule has 1 aromatic carbocycles. The van der Waals surface area contributed by atoms with E-state index in [1.165, 1.54) is 37.0 Å². The van der Waals surface area contributed by atoms with Crippen molar-refractivity contribution >= 4 is 15.8 Å². The maximum absolute atomic E-state index is 2.37. The predicted octanol–water partition coefficient (Wildman–Crippen LogP) is 6.96. The van der Waals surface area contributed by atoms with Crippen LogP contribution in [-0.4, -0.2) is 24.6 Å². The van der Waals surface area contributed by atoms with Crippen LogP contribution in [0.2, 0.25) is 0 Å². The summed E-state index contributed by atoms with van der Waals surface area (Å²) in [5, 5.41) is 0. The predicted molar refractivity (Wildman–Crippen MR) is 109 cm³/mol. The van der Waals surface area contributed by atoms with Crippen LogP contribution in [0, 0.1) is 27.7 Å². The highest BCUT2D eigenvalue weighted by atomic mass is 31.1. The minimum atomic E-state index is 0.182. The molecular formula is C20H36P2. The van der Waals surface area contributed by atoms with Crippen LogP contribution in [-0.2, 0) is 12.3 Å². The van der Waals surface area contributed by atoms with Gasteiger partial charge in [-0.25, -0.2) is 0 Å². The van der Waals surface area contributed by atoms with E-state index in [2.05, 4.69) is 55.4 Å². The van der Waals surface area contributed by atoms with Gasteiger partial charge in [-0.1, -0.05) is 27.7 Å². The lowest BCUT2D eigenvalue weighted by Gasteiger charge is -2.25. The quantitative estimate of drug-likeness (QED) is 0.449. The molecule has 0 fully saturated rings. The van der Waals surface area contributed by atoms with E-state index in [4.69, 9.17) is 0 Å². The monoisotopic (exact) mass is 338 g/mol. The van der Waals surface area contributed by atoms with E-state index >= 15 is 0 Å². The van der Waals surface area contributed by atoms with Crippen molar-refractivity contribution < 1.29 is 0 Å². The smallest absolute Gasteiger partial charge is 0.00678 e. The molecule has 0 aliphatic heterocycles. The largest absolute Gasteiger partial charge is 0.103 e. The van der Waals surface area contributed by atoms with E-state index in [9.17, 15) is 0 Å². The number of hydrogen-bond donors (Lipinski definition) is 0. The van der Waals surface area contributed by atoms with Crippen molar-refractivity contribution in [3.8, 4) is 0 Å². The summed E-state index contributed by atoms with van der Waals surface area (Å²) in [6.45, 7) is 19.0. The van der Waals surface area contributed by atoms with E-state index in [-0.39, 0.29) is 15.8 Å². The van der Waals surface area contributed by atoms with Crippen LogP contribution in [0.5, 0.6) is 0 Å². The molecule has 126 valence electrons. The molecular weight excluding hydrogens is 302 g/mol. The Labute approximate surface area is 142 Å². The Bertz CT molecular complexity index is 409. The summed E-state index contributed by atoms with van der Waals surface area (Å²) in [7, 11) is 0.364. The Morgan fingerprint density at radius 2 is 0.727 bits per heavy atom. The second kappa shape index (κ2) is 9.39. The lowest BCUT2D eigenvalue weighted by atomic mass is 9.90. The van der Waals surface area contributed by atoms with E-state index in [0.717, 1.165) is 0 Å². The zero-order chi connectivity index (χ0) is 16.9. The van der Waals surface area contributed by atoms with Crippen LogP contribution in [0.25, 0.3) is 0 Å². The van der Waals surface area contributed by atoms with Gasteiger partial charge < -0.3 is 0 Å². The highest BCUT2D eigenvalue weighted by Crippen LogP contribution is 2.45. The minimum Gasteiger partial charge on any atom is -0.103 e. The first-order chi connectivity index (χ1) is 10.4. The Kier molecular flexibility index (Phi) is 8.59. The molecule has 0 heterocycles. The maximum atomic E-state index is 2.37. The van der Waals surface area contributed by atoms with Gasteiger partial charge in [0.1, 0.15) is 0 Å².